The van der Waals surface area contributed by atoms with Gasteiger partial charge < -0.3 is 0 Å². The number of rotatable bonds is 2. The third-order valence-corrected chi connectivity index (χ3v) is 2.22. The van der Waals surface area contributed by atoms with Gasteiger partial charge in [-0.05, 0) is 0 Å². The van der Waals surface area contributed by atoms with Crippen LogP contribution in [0.15, 0.2) is 0 Å². The first-order valence-corrected chi connectivity index (χ1v) is 3.55. The molecule has 9 heavy (non-hydrogen) atoms. The minimum Gasteiger partial charge on any atom is -0.205 e. The Balaban J connectivity index is 0. The molecule has 0 unspecified atom stereocenters. The summed E-state index contributed by atoms with van der Waals surface area (Å²) >= 11 is 0. The van der Waals surface area contributed by atoms with Crippen LogP contribution in [0.1, 0.15) is 0 Å². The summed E-state index contributed by atoms with van der Waals surface area (Å²) in [6.07, 6.45) is 0. The normalized spacial score (nSPS) is 11.1. The topological polar surface area (TPSA) is 49.4 Å². The van der Waals surface area contributed by atoms with Gasteiger partial charge in [-0.25, -0.2) is 4.72 Å². The number of nitrogens with one attached hydrogen (secondary N) is 1. The van der Waals surface area contributed by atoms with E-state index in [1.807, 2.05) is 0 Å². The minimum atomic E-state index is -3.15. The average Bonchev–Trinajstić information content (AvgIpc) is 1.67. The van der Waals surface area contributed by atoms with Crippen LogP contribution in [0.2, 0.25) is 0 Å². The van der Waals surface area contributed by atoms with E-state index < -0.39 is 10.2 Å². The average molecular weight is 161 g/mol. The molecular formula is C3H10N2NaO2S. The van der Waals surface area contributed by atoms with Crippen LogP contribution >= 0.6 is 0 Å². The van der Waals surface area contributed by atoms with E-state index in [0.29, 0.717) is 0 Å². The summed E-state index contributed by atoms with van der Waals surface area (Å²) < 4.78 is 24.3. The summed E-state index contributed by atoms with van der Waals surface area (Å²) in [5, 5.41) is 0. The van der Waals surface area contributed by atoms with Crippen molar-refractivity contribution >= 4 is 39.8 Å². The fourth-order valence-corrected chi connectivity index (χ4v) is 0.548. The summed E-state index contributed by atoms with van der Waals surface area (Å²) in [5.41, 5.74) is 0. The summed E-state index contributed by atoms with van der Waals surface area (Å²) in [6, 6.07) is 0. The molecule has 0 atom stereocenters. The molecule has 0 aromatic heterocycles. The van der Waals surface area contributed by atoms with E-state index in [2.05, 4.69) is 4.72 Å². The molecule has 51 valence electrons. The monoisotopic (exact) mass is 161 g/mol. The van der Waals surface area contributed by atoms with Gasteiger partial charge in [0.25, 0.3) is 10.2 Å². The molecule has 0 aliphatic heterocycles. The molecule has 0 heterocycles. The maximum Gasteiger partial charge on any atom is 0.278 e. The molecule has 1 N–H and O–H groups in total. The van der Waals surface area contributed by atoms with E-state index >= 15 is 0 Å². The van der Waals surface area contributed by atoms with Crippen LogP contribution in [0.5, 0.6) is 0 Å². The minimum absolute atomic E-state index is 0. The third kappa shape index (κ3) is 4.30. The smallest absolute Gasteiger partial charge is 0.205 e. The summed E-state index contributed by atoms with van der Waals surface area (Å²) in [5.74, 6) is 0. The standard InChI is InChI=1S/C3H10N2O2S.Na/c1-4-8(6,7)5(2)3;/h4H,1-3H3;. The molecule has 1 radical (unpaired) electrons. The van der Waals surface area contributed by atoms with Gasteiger partial charge in [0, 0.05) is 50.7 Å². The molecule has 0 fully saturated rings. The molecule has 0 aliphatic carbocycles. The molecule has 0 saturated carbocycles. The fraction of sp³-hybridized carbons (Fsp3) is 1.00. The third-order valence-electron chi connectivity index (χ3n) is 0.739. The van der Waals surface area contributed by atoms with Gasteiger partial charge in [0.15, 0.2) is 0 Å². The first-order valence-electron chi connectivity index (χ1n) is 2.11. The predicted molar refractivity (Wildman–Crippen MR) is 37.4 cm³/mol. The molecule has 0 aromatic carbocycles. The van der Waals surface area contributed by atoms with Gasteiger partial charge in [-0.1, -0.05) is 0 Å². The molecule has 4 nitrogen and oxygen atoms in total. The fourth-order valence-electron chi connectivity index (χ4n) is 0.183. The molecule has 0 saturated heterocycles. The second kappa shape index (κ2) is 4.65. The quantitative estimate of drug-likeness (QED) is 0.508. The largest absolute Gasteiger partial charge is 0.278 e. The molecule has 0 amide bonds. The SMILES string of the molecule is CNS(=O)(=O)N(C)C.[Na]. The van der Waals surface area contributed by atoms with Crippen molar-refractivity contribution in [2.75, 3.05) is 21.1 Å². The van der Waals surface area contributed by atoms with Crippen LogP contribution in [0.4, 0.5) is 0 Å². The zero-order chi connectivity index (χ0) is 6.78. The van der Waals surface area contributed by atoms with E-state index in [9.17, 15) is 8.42 Å². The Labute approximate surface area is 78.1 Å². The number of nitrogens with zero attached hydrogens (tertiary/aromatic N) is 1. The van der Waals surface area contributed by atoms with Crippen molar-refractivity contribution in [3.8, 4) is 0 Å². The molecule has 0 spiro atoms. The van der Waals surface area contributed by atoms with Gasteiger partial charge in [0.05, 0.1) is 0 Å². The van der Waals surface area contributed by atoms with Gasteiger partial charge in [-0.3, -0.25) is 0 Å². The number of hydrogen-bond acceptors (Lipinski definition) is 2. The van der Waals surface area contributed by atoms with Crippen molar-refractivity contribution < 1.29 is 8.42 Å². The van der Waals surface area contributed by atoms with Crippen LogP contribution in [-0.2, 0) is 10.2 Å². The Morgan fingerprint density at radius 3 is 1.67 bits per heavy atom. The zero-order valence-electron chi connectivity index (χ0n) is 6.17. The summed E-state index contributed by atoms with van der Waals surface area (Å²) in [7, 11) is 1.15. The van der Waals surface area contributed by atoms with Crippen molar-refractivity contribution in [3.05, 3.63) is 0 Å². The molecule has 0 bridgehead atoms. The van der Waals surface area contributed by atoms with Gasteiger partial charge in [-0.2, -0.15) is 12.7 Å². The van der Waals surface area contributed by atoms with E-state index in [1.54, 1.807) is 0 Å². The van der Waals surface area contributed by atoms with E-state index in [0.717, 1.165) is 4.31 Å². The van der Waals surface area contributed by atoms with Crippen molar-refractivity contribution in [3.63, 3.8) is 0 Å². The van der Waals surface area contributed by atoms with Crippen molar-refractivity contribution in [2.45, 2.75) is 0 Å². The first kappa shape index (κ1) is 12.5. The summed E-state index contributed by atoms with van der Waals surface area (Å²) in [4.78, 5) is 0. The molecule has 0 aliphatic rings. The van der Waals surface area contributed by atoms with Crippen LogP contribution in [-0.4, -0.2) is 63.4 Å². The molecule has 6 heteroatoms. The Morgan fingerprint density at radius 2 is 1.67 bits per heavy atom. The molecule has 0 aromatic rings. The van der Waals surface area contributed by atoms with E-state index in [-0.39, 0.29) is 29.6 Å². The van der Waals surface area contributed by atoms with Gasteiger partial charge in [0.2, 0.25) is 0 Å². The Kier molecular flexibility index (Phi) is 6.48. The van der Waals surface area contributed by atoms with Crippen molar-refractivity contribution in [2.24, 2.45) is 0 Å². The van der Waals surface area contributed by atoms with Gasteiger partial charge in [0.1, 0.15) is 0 Å². The maximum absolute atomic E-state index is 10.5. The van der Waals surface area contributed by atoms with Crippen molar-refractivity contribution in [1.82, 2.24) is 9.03 Å². The van der Waals surface area contributed by atoms with E-state index in [4.69, 9.17) is 0 Å². The molecular weight excluding hydrogens is 151 g/mol. The first-order chi connectivity index (χ1) is 3.50. The molecule has 0 rings (SSSR count). The Morgan fingerprint density at radius 1 is 1.33 bits per heavy atom. The van der Waals surface area contributed by atoms with Crippen molar-refractivity contribution in [1.29, 1.82) is 0 Å². The number of hydrogen-bond donors (Lipinski definition) is 1. The second-order valence-corrected chi connectivity index (χ2v) is 3.58. The van der Waals surface area contributed by atoms with Gasteiger partial charge in [-0.15, -0.1) is 0 Å². The Hall–Kier alpha value is 0.870. The Bertz CT molecular complexity index is 153. The zero-order valence-corrected chi connectivity index (χ0v) is 8.99. The maximum atomic E-state index is 10.5. The van der Waals surface area contributed by atoms with Crippen LogP contribution in [0.3, 0.4) is 0 Å². The van der Waals surface area contributed by atoms with E-state index in [1.165, 1.54) is 21.1 Å². The van der Waals surface area contributed by atoms with Crippen LogP contribution in [0.25, 0.3) is 0 Å². The van der Waals surface area contributed by atoms with Crippen LogP contribution < -0.4 is 4.72 Å². The van der Waals surface area contributed by atoms with Gasteiger partial charge >= 0.3 is 0 Å². The predicted octanol–water partition coefficient (Wildman–Crippen LogP) is -1.37. The summed E-state index contributed by atoms with van der Waals surface area (Å²) in [6.45, 7) is 0. The van der Waals surface area contributed by atoms with Crippen LogP contribution in [0, 0.1) is 0 Å². The second-order valence-electron chi connectivity index (χ2n) is 1.49.